The van der Waals surface area contributed by atoms with Gasteiger partial charge in [-0.25, -0.2) is 4.99 Å². The molecule has 1 amide bonds. The number of aliphatic imine (C=N–C) groups is 1. The quantitative estimate of drug-likeness (QED) is 0.260. The number of primary amides is 1. The molecule has 0 aliphatic heterocycles. The van der Waals surface area contributed by atoms with Gasteiger partial charge in [-0.15, -0.1) is 24.0 Å². The second-order valence-electron chi connectivity index (χ2n) is 7.40. The number of rotatable bonds is 9. The van der Waals surface area contributed by atoms with Gasteiger partial charge in [-0.2, -0.15) is 0 Å². The molecule has 2 rings (SSSR count). The van der Waals surface area contributed by atoms with Crippen LogP contribution in [0.2, 0.25) is 0 Å². The molecule has 0 heterocycles. The van der Waals surface area contributed by atoms with E-state index in [1.165, 1.54) is 0 Å². The van der Waals surface area contributed by atoms with Crippen LogP contribution in [0.4, 0.5) is 0 Å². The summed E-state index contributed by atoms with van der Waals surface area (Å²) in [5.74, 6) is 1.65. The van der Waals surface area contributed by atoms with Crippen molar-refractivity contribution in [2.24, 2.45) is 16.6 Å². The summed E-state index contributed by atoms with van der Waals surface area (Å²) in [4.78, 5) is 16.0. The number of hydrogen-bond acceptors (Lipinski definition) is 3. The molecular formula is C23H33IN4O2. The lowest BCUT2D eigenvalue weighted by Crippen LogP contribution is -2.38. The van der Waals surface area contributed by atoms with Crippen molar-refractivity contribution in [3.05, 3.63) is 65.2 Å². The topological polar surface area (TPSA) is 88.7 Å². The number of nitrogens with zero attached hydrogens (tertiary/aromatic N) is 1. The maximum absolute atomic E-state index is 11.3. The number of benzene rings is 2. The number of nitrogens with two attached hydrogens (primary N) is 1. The number of guanidine groups is 1. The fourth-order valence-corrected chi connectivity index (χ4v) is 2.72. The van der Waals surface area contributed by atoms with Crippen LogP contribution in [0.3, 0.4) is 0 Å². The molecule has 164 valence electrons. The van der Waals surface area contributed by atoms with Gasteiger partial charge >= 0.3 is 0 Å². The van der Waals surface area contributed by atoms with Gasteiger partial charge in [0.25, 0.3) is 0 Å². The molecule has 6 nitrogen and oxygen atoms in total. The van der Waals surface area contributed by atoms with Crippen LogP contribution in [0.5, 0.6) is 5.75 Å². The number of ether oxygens (including phenoxy) is 1. The number of halogens is 1. The fourth-order valence-electron chi connectivity index (χ4n) is 2.72. The highest BCUT2D eigenvalue weighted by molar-refractivity contribution is 14.0. The van der Waals surface area contributed by atoms with Crippen LogP contribution in [-0.2, 0) is 6.54 Å². The van der Waals surface area contributed by atoms with Crippen LogP contribution in [0.1, 0.15) is 55.2 Å². The van der Waals surface area contributed by atoms with Crippen molar-refractivity contribution in [3.63, 3.8) is 0 Å². The first-order valence-corrected chi connectivity index (χ1v) is 10.1. The Morgan fingerprint density at radius 3 is 2.43 bits per heavy atom. The van der Waals surface area contributed by atoms with Gasteiger partial charge in [0.05, 0.1) is 19.2 Å². The number of hydrogen-bond donors (Lipinski definition) is 3. The van der Waals surface area contributed by atoms with Gasteiger partial charge in [-0.05, 0) is 55.2 Å². The molecule has 0 fully saturated rings. The molecule has 7 heteroatoms. The van der Waals surface area contributed by atoms with Gasteiger partial charge in [0, 0.05) is 12.1 Å². The van der Waals surface area contributed by atoms with E-state index in [-0.39, 0.29) is 30.0 Å². The highest BCUT2D eigenvalue weighted by atomic mass is 127. The molecule has 0 aromatic heterocycles. The van der Waals surface area contributed by atoms with Crippen molar-refractivity contribution < 1.29 is 9.53 Å². The standard InChI is InChI=1S/C23H32N4O2.HI/c1-5-25-23(26-14-18-7-6-8-20(13-18)22(24)28)27-17(4)19-9-11-21(12-10-19)29-15-16(2)3;/h6-13,16-17H,5,14-15H2,1-4H3,(H2,24,28)(H2,25,26,27);1H. The number of carbonyl (C=O) groups excluding carboxylic acids is 1. The Hall–Kier alpha value is -2.29. The Morgan fingerprint density at radius 2 is 1.83 bits per heavy atom. The van der Waals surface area contributed by atoms with E-state index in [2.05, 4.69) is 48.5 Å². The maximum atomic E-state index is 11.3. The van der Waals surface area contributed by atoms with E-state index in [1.807, 2.05) is 31.2 Å². The van der Waals surface area contributed by atoms with Crippen LogP contribution in [0.15, 0.2) is 53.5 Å². The molecular weight excluding hydrogens is 491 g/mol. The monoisotopic (exact) mass is 524 g/mol. The smallest absolute Gasteiger partial charge is 0.248 e. The minimum Gasteiger partial charge on any atom is -0.493 e. The van der Waals surface area contributed by atoms with Crippen LogP contribution >= 0.6 is 24.0 Å². The molecule has 0 bridgehead atoms. The zero-order chi connectivity index (χ0) is 21.2. The molecule has 0 saturated carbocycles. The van der Waals surface area contributed by atoms with E-state index >= 15 is 0 Å². The molecule has 2 aromatic rings. The Kier molecular flexibility index (Phi) is 11.2. The summed E-state index contributed by atoms with van der Waals surface area (Å²) in [6.07, 6.45) is 0. The fraction of sp³-hybridized carbons (Fsp3) is 0.391. The summed E-state index contributed by atoms with van der Waals surface area (Å²) < 4.78 is 5.75. The number of nitrogens with one attached hydrogen (secondary N) is 2. The third-order valence-electron chi connectivity index (χ3n) is 4.29. The van der Waals surface area contributed by atoms with Gasteiger partial charge in [0.15, 0.2) is 5.96 Å². The minimum absolute atomic E-state index is 0. The van der Waals surface area contributed by atoms with Crippen LogP contribution in [0, 0.1) is 5.92 Å². The normalized spacial score (nSPS) is 12.1. The molecule has 4 N–H and O–H groups in total. The van der Waals surface area contributed by atoms with Crippen molar-refractivity contribution in [3.8, 4) is 5.75 Å². The molecule has 0 spiro atoms. The third-order valence-corrected chi connectivity index (χ3v) is 4.29. The van der Waals surface area contributed by atoms with Gasteiger partial charge in [-0.1, -0.05) is 38.1 Å². The zero-order valence-corrected chi connectivity index (χ0v) is 20.5. The molecule has 30 heavy (non-hydrogen) atoms. The van der Waals surface area contributed by atoms with E-state index in [0.29, 0.717) is 30.6 Å². The summed E-state index contributed by atoms with van der Waals surface area (Å²) in [6.45, 7) is 10.3. The first-order valence-electron chi connectivity index (χ1n) is 10.1. The summed E-state index contributed by atoms with van der Waals surface area (Å²) in [6, 6.07) is 15.4. The van der Waals surface area contributed by atoms with Gasteiger partial charge in [-0.3, -0.25) is 4.79 Å². The highest BCUT2D eigenvalue weighted by Gasteiger charge is 2.09. The molecule has 1 atom stereocenters. The molecule has 0 radical (unpaired) electrons. The average molecular weight is 524 g/mol. The Morgan fingerprint density at radius 1 is 1.13 bits per heavy atom. The lowest BCUT2D eigenvalue weighted by molar-refractivity contribution is 0.1000. The summed E-state index contributed by atoms with van der Waals surface area (Å²) >= 11 is 0. The van der Waals surface area contributed by atoms with Gasteiger partial charge in [0.2, 0.25) is 5.91 Å². The Labute approximate surface area is 196 Å². The summed E-state index contributed by atoms with van der Waals surface area (Å²) in [7, 11) is 0. The van der Waals surface area contributed by atoms with Crippen LogP contribution < -0.4 is 21.1 Å². The molecule has 0 aliphatic rings. The van der Waals surface area contributed by atoms with Crippen molar-refractivity contribution in [2.75, 3.05) is 13.2 Å². The van der Waals surface area contributed by atoms with Crippen molar-refractivity contribution in [1.29, 1.82) is 0 Å². The molecule has 1 unspecified atom stereocenters. The predicted octanol–water partition coefficient (Wildman–Crippen LogP) is 4.25. The summed E-state index contributed by atoms with van der Waals surface area (Å²) in [5.41, 5.74) is 7.91. The molecule has 0 saturated heterocycles. The third kappa shape index (κ3) is 8.61. The SMILES string of the molecule is CCNC(=NCc1cccc(C(N)=O)c1)NC(C)c1ccc(OCC(C)C)cc1.I. The first-order chi connectivity index (χ1) is 13.9. The van der Waals surface area contributed by atoms with E-state index in [4.69, 9.17) is 10.5 Å². The molecule has 0 aliphatic carbocycles. The Bertz CT molecular complexity index is 822. The lowest BCUT2D eigenvalue weighted by atomic mass is 10.1. The second-order valence-corrected chi connectivity index (χ2v) is 7.40. The van der Waals surface area contributed by atoms with E-state index < -0.39 is 5.91 Å². The number of amides is 1. The van der Waals surface area contributed by atoms with Crippen LogP contribution in [0.25, 0.3) is 0 Å². The average Bonchev–Trinajstić information content (AvgIpc) is 2.71. The maximum Gasteiger partial charge on any atom is 0.248 e. The van der Waals surface area contributed by atoms with Crippen molar-refractivity contribution in [2.45, 2.75) is 40.3 Å². The van der Waals surface area contributed by atoms with E-state index in [0.717, 1.165) is 23.4 Å². The largest absolute Gasteiger partial charge is 0.493 e. The Balaban J connectivity index is 0.00000450. The summed E-state index contributed by atoms with van der Waals surface area (Å²) in [5, 5.41) is 6.68. The molecule has 2 aromatic carbocycles. The van der Waals surface area contributed by atoms with Gasteiger partial charge in [0.1, 0.15) is 5.75 Å². The minimum atomic E-state index is -0.435. The predicted molar refractivity (Wildman–Crippen MR) is 134 cm³/mol. The highest BCUT2D eigenvalue weighted by Crippen LogP contribution is 2.18. The van der Waals surface area contributed by atoms with Crippen molar-refractivity contribution in [1.82, 2.24) is 10.6 Å². The number of carbonyl (C=O) groups is 1. The first kappa shape index (κ1) is 25.7. The van der Waals surface area contributed by atoms with Crippen molar-refractivity contribution >= 4 is 35.8 Å². The van der Waals surface area contributed by atoms with Crippen LogP contribution in [-0.4, -0.2) is 25.0 Å². The van der Waals surface area contributed by atoms with Gasteiger partial charge < -0.3 is 21.1 Å². The van der Waals surface area contributed by atoms with E-state index in [1.54, 1.807) is 12.1 Å². The lowest BCUT2D eigenvalue weighted by Gasteiger charge is -2.19. The zero-order valence-electron chi connectivity index (χ0n) is 18.1. The van der Waals surface area contributed by atoms with E-state index in [9.17, 15) is 4.79 Å². The second kappa shape index (κ2) is 13.1.